The summed E-state index contributed by atoms with van der Waals surface area (Å²) in [6.45, 7) is 7.63. The van der Waals surface area contributed by atoms with E-state index in [4.69, 9.17) is 5.11 Å². The number of nitrogens with one attached hydrogen (secondary N) is 1. The van der Waals surface area contributed by atoms with Crippen molar-refractivity contribution in [2.45, 2.75) is 19.6 Å². The van der Waals surface area contributed by atoms with Gasteiger partial charge >= 0.3 is 0 Å². The van der Waals surface area contributed by atoms with E-state index in [-0.39, 0.29) is 6.61 Å². The zero-order chi connectivity index (χ0) is 6.62. The van der Waals surface area contributed by atoms with Crippen LogP contribution in [0.5, 0.6) is 0 Å². The lowest BCUT2D eigenvalue weighted by Gasteiger charge is -2.16. The van der Waals surface area contributed by atoms with E-state index in [1.807, 2.05) is 0 Å². The second-order valence-corrected chi connectivity index (χ2v) is 7.75. The van der Waals surface area contributed by atoms with Gasteiger partial charge in [-0.05, 0) is 0 Å². The third-order valence-electron chi connectivity index (χ3n) is 0.767. The highest BCUT2D eigenvalue weighted by atomic mass is 28.3. The van der Waals surface area contributed by atoms with Crippen LogP contribution in [0.2, 0.25) is 19.6 Å². The molecule has 0 bridgehead atoms. The monoisotopic (exact) mass is 133 g/mol. The largest absolute Gasteiger partial charge is 0.395 e. The summed E-state index contributed by atoms with van der Waals surface area (Å²) in [4.78, 5) is 3.26. The summed E-state index contributed by atoms with van der Waals surface area (Å²) in [5.41, 5.74) is 0. The minimum atomic E-state index is -1.09. The Hall–Kier alpha value is 0.137. The van der Waals surface area contributed by atoms with Crippen LogP contribution in [0.1, 0.15) is 0 Å². The van der Waals surface area contributed by atoms with E-state index in [1.165, 1.54) is 0 Å². The molecule has 0 atom stereocenters. The van der Waals surface area contributed by atoms with Crippen LogP contribution >= 0.6 is 0 Å². The number of aliphatic hydroxyl groups is 1. The lowest BCUT2D eigenvalue weighted by Crippen LogP contribution is -2.42. The molecule has 0 unspecified atom stereocenters. The van der Waals surface area contributed by atoms with Gasteiger partial charge in [-0.2, -0.15) is 0 Å². The number of hydrogen-bond donors (Lipinski definition) is 2. The normalized spacial score (nSPS) is 12.0. The number of aliphatic hydroxyl groups excluding tert-OH is 1. The molecule has 0 aliphatic carbocycles. The van der Waals surface area contributed by atoms with Gasteiger partial charge in [-0.1, -0.05) is 19.6 Å². The van der Waals surface area contributed by atoms with Crippen LogP contribution in [0.3, 0.4) is 0 Å². The fourth-order valence-corrected chi connectivity index (χ4v) is 1.29. The Morgan fingerprint density at radius 2 is 1.88 bits per heavy atom. The molecule has 50 valence electrons. The Morgan fingerprint density at radius 1 is 1.38 bits per heavy atom. The van der Waals surface area contributed by atoms with E-state index >= 15 is 0 Å². The van der Waals surface area contributed by atoms with E-state index in [9.17, 15) is 0 Å². The quantitative estimate of drug-likeness (QED) is 0.546. The average molecular weight is 133 g/mol. The molecule has 0 saturated heterocycles. The van der Waals surface area contributed by atoms with Gasteiger partial charge in [0.15, 0.2) is 0 Å². The third kappa shape index (κ3) is 6.14. The first-order valence-electron chi connectivity index (χ1n) is 2.92. The van der Waals surface area contributed by atoms with Crippen molar-refractivity contribution >= 4 is 8.24 Å². The average Bonchev–Trinajstić information content (AvgIpc) is 1.59. The van der Waals surface area contributed by atoms with E-state index in [2.05, 4.69) is 24.6 Å². The predicted octanol–water partition coefficient (Wildman–Crippen LogP) is 0.403. The first-order valence-corrected chi connectivity index (χ1v) is 6.42. The third-order valence-corrected chi connectivity index (χ3v) is 2.08. The highest BCUT2D eigenvalue weighted by molar-refractivity contribution is 6.73. The molecule has 0 amide bonds. The molecule has 0 spiro atoms. The SMILES string of the molecule is C[Si](C)(C)NCCO. The van der Waals surface area contributed by atoms with Crippen LogP contribution in [0, 0.1) is 0 Å². The van der Waals surface area contributed by atoms with Crippen LogP contribution in [0.15, 0.2) is 0 Å². The van der Waals surface area contributed by atoms with Crippen molar-refractivity contribution in [2.75, 3.05) is 13.2 Å². The molecular weight excluding hydrogens is 118 g/mol. The molecule has 3 heteroatoms. The summed E-state index contributed by atoms with van der Waals surface area (Å²) in [7, 11) is -1.09. The fourth-order valence-electron chi connectivity index (χ4n) is 0.431. The fraction of sp³-hybridized carbons (Fsp3) is 1.00. The van der Waals surface area contributed by atoms with Crippen LogP contribution in [0.4, 0.5) is 0 Å². The summed E-state index contributed by atoms with van der Waals surface area (Å²) in [5.74, 6) is 0. The van der Waals surface area contributed by atoms with Crippen LogP contribution in [0.25, 0.3) is 0 Å². The Balaban J connectivity index is 3.11. The van der Waals surface area contributed by atoms with Gasteiger partial charge in [0.2, 0.25) is 0 Å². The van der Waals surface area contributed by atoms with Gasteiger partial charge in [-0.15, -0.1) is 0 Å². The van der Waals surface area contributed by atoms with Gasteiger partial charge in [0.25, 0.3) is 0 Å². The van der Waals surface area contributed by atoms with Gasteiger partial charge in [0.05, 0.1) is 6.61 Å². The molecule has 0 saturated carbocycles. The van der Waals surface area contributed by atoms with Crippen molar-refractivity contribution in [3.63, 3.8) is 0 Å². The molecular formula is C5H15NOSi. The second-order valence-electron chi connectivity index (χ2n) is 2.90. The molecule has 0 fully saturated rings. The molecule has 8 heavy (non-hydrogen) atoms. The Morgan fingerprint density at radius 3 is 2.00 bits per heavy atom. The highest BCUT2D eigenvalue weighted by Gasteiger charge is 2.09. The molecule has 0 aromatic heterocycles. The molecule has 0 aromatic carbocycles. The summed E-state index contributed by atoms with van der Waals surface area (Å²) in [6.07, 6.45) is 0. The molecule has 0 aromatic rings. The zero-order valence-electron chi connectivity index (χ0n) is 5.86. The summed E-state index contributed by atoms with van der Waals surface area (Å²) in [5, 5.41) is 8.39. The van der Waals surface area contributed by atoms with E-state index in [0.29, 0.717) is 0 Å². The number of rotatable bonds is 3. The molecule has 0 rings (SSSR count). The van der Waals surface area contributed by atoms with Crippen molar-refractivity contribution < 1.29 is 5.11 Å². The first kappa shape index (κ1) is 8.14. The van der Waals surface area contributed by atoms with Crippen molar-refractivity contribution in [3.05, 3.63) is 0 Å². The summed E-state index contributed by atoms with van der Waals surface area (Å²) >= 11 is 0. The predicted molar refractivity (Wildman–Crippen MR) is 38.4 cm³/mol. The van der Waals surface area contributed by atoms with E-state index in [1.54, 1.807) is 0 Å². The van der Waals surface area contributed by atoms with Crippen molar-refractivity contribution in [3.8, 4) is 0 Å². The Kier molecular flexibility index (Phi) is 3.27. The van der Waals surface area contributed by atoms with Crippen molar-refractivity contribution in [1.29, 1.82) is 0 Å². The smallest absolute Gasteiger partial charge is 0.116 e. The Bertz CT molecular complexity index is 59.9. The van der Waals surface area contributed by atoms with Crippen LogP contribution in [-0.4, -0.2) is 26.5 Å². The molecule has 0 heterocycles. The molecule has 2 nitrogen and oxygen atoms in total. The van der Waals surface area contributed by atoms with Gasteiger partial charge in [0, 0.05) is 6.54 Å². The second kappa shape index (κ2) is 3.22. The summed E-state index contributed by atoms with van der Waals surface area (Å²) < 4.78 is 0. The maximum absolute atomic E-state index is 8.39. The van der Waals surface area contributed by atoms with Crippen molar-refractivity contribution in [1.82, 2.24) is 4.98 Å². The molecule has 0 radical (unpaired) electrons. The first-order chi connectivity index (χ1) is 3.56. The topological polar surface area (TPSA) is 32.3 Å². The minimum Gasteiger partial charge on any atom is -0.395 e. The maximum atomic E-state index is 8.39. The number of hydrogen-bond acceptors (Lipinski definition) is 2. The van der Waals surface area contributed by atoms with Crippen LogP contribution < -0.4 is 4.98 Å². The lowest BCUT2D eigenvalue weighted by molar-refractivity contribution is 0.300. The van der Waals surface area contributed by atoms with E-state index < -0.39 is 8.24 Å². The van der Waals surface area contributed by atoms with Crippen molar-refractivity contribution in [2.24, 2.45) is 0 Å². The Labute approximate surface area is 52.0 Å². The van der Waals surface area contributed by atoms with Gasteiger partial charge in [-0.3, -0.25) is 0 Å². The van der Waals surface area contributed by atoms with Gasteiger partial charge in [0.1, 0.15) is 8.24 Å². The molecule has 0 aliphatic heterocycles. The van der Waals surface area contributed by atoms with Gasteiger partial charge < -0.3 is 10.1 Å². The standard InChI is InChI=1S/C5H15NOSi/c1-8(2,3)6-4-5-7/h6-7H,4-5H2,1-3H3. The minimum absolute atomic E-state index is 0.254. The van der Waals surface area contributed by atoms with Gasteiger partial charge in [-0.25, -0.2) is 0 Å². The van der Waals surface area contributed by atoms with Crippen LogP contribution in [-0.2, 0) is 0 Å². The maximum Gasteiger partial charge on any atom is 0.116 e. The summed E-state index contributed by atoms with van der Waals surface area (Å²) in [6, 6.07) is 0. The highest BCUT2D eigenvalue weighted by Crippen LogP contribution is 1.91. The zero-order valence-corrected chi connectivity index (χ0v) is 6.86. The molecule has 2 N–H and O–H groups in total. The lowest BCUT2D eigenvalue weighted by atomic mass is 10.8. The van der Waals surface area contributed by atoms with E-state index in [0.717, 1.165) is 6.54 Å². The molecule has 0 aliphatic rings.